The molecule has 1 aromatic heterocycles. The fourth-order valence-corrected chi connectivity index (χ4v) is 3.17. The molecule has 0 aliphatic carbocycles. The first kappa shape index (κ1) is 13.7. The lowest BCUT2D eigenvalue weighted by molar-refractivity contribution is 0.151. The highest BCUT2D eigenvalue weighted by Crippen LogP contribution is 2.32. The Kier molecular flexibility index (Phi) is 4.92. The topological polar surface area (TPSA) is 22.1 Å². The van der Waals surface area contributed by atoms with Gasteiger partial charge in [-0.25, -0.2) is 4.98 Å². The zero-order chi connectivity index (χ0) is 13.0. The van der Waals surface area contributed by atoms with Crippen molar-refractivity contribution in [3.05, 3.63) is 38.6 Å². The zero-order valence-electron chi connectivity index (χ0n) is 10.6. The summed E-state index contributed by atoms with van der Waals surface area (Å²) in [5, 5.41) is 1.15. The van der Waals surface area contributed by atoms with E-state index in [9.17, 15) is 0 Å². The third-order valence-electron chi connectivity index (χ3n) is 2.63. The van der Waals surface area contributed by atoms with Crippen LogP contribution in [0.25, 0.3) is 11.3 Å². The first-order valence-electron chi connectivity index (χ1n) is 6.01. The van der Waals surface area contributed by atoms with E-state index in [0.717, 1.165) is 40.4 Å². The van der Waals surface area contributed by atoms with Gasteiger partial charge in [-0.2, -0.15) is 0 Å². The Balaban J connectivity index is 2.22. The van der Waals surface area contributed by atoms with Crippen LogP contribution in [0.3, 0.4) is 0 Å². The quantitative estimate of drug-likeness (QED) is 0.757. The second-order valence-electron chi connectivity index (χ2n) is 3.94. The van der Waals surface area contributed by atoms with Gasteiger partial charge in [-0.15, -0.1) is 11.3 Å². The molecule has 0 unspecified atom stereocenters. The van der Waals surface area contributed by atoms with Crippen LogP contribution < -0.4 is 0 Å². The highest BCUT2D eigenvalue weighted by atomic mass is 79.9. The molecule has 0 fully saturated rings. The maximum atomic E-state index is 5.37. The second kappa shape index (κ2) is 6.45. The molecule has 0 spiro atoms. The minimum atomic E-state index is 0.749. The number of halogens is 1. The van der Waals surface area contributed by atoms with E-state index in [0.29, 0.717) is 0 Å². The molecule has 0 N–H and O–H groups in total. The summed E-state index contributed by atoms with van der Waals surface area (Å²) in [5.41, 5.74) is 2.24. The number of aromatic nitrogens is 1. The van der Waals surface area contributed by atoms with Crippen LogP contribution in [0.5, 0.6) is 0 Å². The Morgan fingerprint density at radius 3 is 2.83 bits per heavy atom. The molecule has 0 saturated heterocycles. The van der Waals surface area contributed by atoms with E-state index in [-0.39, 0.29) is 0 Å². The van der Waals surface area contributed by atoms with Crippen molar-refractivity contribution < 1.29 is 4.74 Å². The standard InChI is InChI=1S/C14H16BrNOS/c1-3-17-9-8-13-16-14(10(2)18-13)11-6-4-5-7-12(11)15/h4-7H,3,8-9H2,1-2H3. The number of ether oxygens (including phenoxy) is 1. The summed E-state index contributed by atoms with van der Waals surface area (Å²) in [6.45, 7) is 5.65. The Hall–Kier alpha value is -0.710. The molecule has 0 aliphatic rings. The fourth-order valence-electron chi connectivity index (χ4n) is 1.77. The van der Waals surface area contributed by atoms with Crippen molar-refractivity contribution in [3.63, 3.8) is 0 Å². The number of thiazole rings is 1. The average molecular weight is 326 g/mol. The van der Waals surface area contributed by atoms with Crippen LogP contribution in [-0.2, 0) is 11.2 Å². The van der Waals surface area contributed by atoms with Crippen molar-refractivity contribution in [2.45, 2.75) is 20.3 Å². The molecule has 18 heavy (non-hydrogen) atoms. The van der Waals surface area contributed by atoms with Crippen molar-refractivity contribution in [2.75, 3.05) is 13.2 Å². The van der Waals surface area contributed by atoms with E-state index in [1.54, 1.807) is 11.3 Å². The first-order valence-corrected chi connectivity index (χ1v) is 7.62. The monoisotopic (exact) mass is 325 g/mol. The fraction of sp³-hybridized carbons (Fsp3) is 0.357. The maximum Gasteiger partial charge on any atom is 0.0958 e. The Morgan fingerprint density at radius 1 is 1.33 bits per heavy atom. The van der Waals surface area contributed by atoms with Crippen molar-refractivity contribution in [2.24, 2.45) is 0 Å². The molecule has 2 nitrogen and oxygen atoms in total. The number of nitrogens with zero attached hydrogens (tertiary/aromatic N) is 1. The van der Waals surface area contributed by atoms with Crippen LogP contribution in [0.15, 0.2) is 28.7 Å². The van der Waals surface area contributed by atoms with Gasteiger partial charge in [0.2, 0.25) is 0 Å². The molecule has 0 saturated carbocycles. The highest BCUT2D eigenvalue weighted by Gasteiger charge is 2.11. The van der Waals surface area contributed by atoms with Crippen LogP contribution >= 0.6 is 27.3 Å². The lowest BCUT2D eigenvalue weighted by Gasteiger charge is -2.01. The molecule has 96 valence electrons. The highest BCUT2D eigenvalue weighted by molar-refractivity contribution is 9.10. The average Bonchev–Trinajstić information content (AvgIpc) is 2.71. The molecule has 1 aromatic carbocycles. The van der Waals surface area contributed by atoms with E-state index in [1.165, 1.54) is 4.88 Å². The summed E-state index contributed by atoms with van der Waals surface area (Å²) in [6, 6.07) is 8.20. The number of hydrogen-bond donors (Lipinski definition) is 0. The summed E-state index contributed by atoms with van der Waals surface area (Å²) < 4.78 is 6.47. The van der Waals surface area contributed by atoms with Gasteiger partial charge in [0.15, 0.2) is 0 Å². The van der Waals surface area contributed by atoms with Gasteiger partial charge in [0.05, 0.1) is 17.3 Å². The van der Waals surface area contributed by atoms with Gasteiger partial charge < -0.3 is 4.74 Å². The third kappa shape index (κ3) is 3.19. The molecule has 4 heteroatoms. The molecule has 0 bridgehead atoms. The zero-order valence-corrected chi connectivity index (χ0v) is 13.0. The molecule has 0 aliphatic heterocycles. The van der Waals surface area contributed by atoms with Crippen molar-refractivity contribution in [1.82, 2.24) is 4.98 Å². The minimum Gasteiger partial charge on any atom is -0.381 e. The Labute approximate surface area is 120 Å². The summed E-state index contributed by atoms with van der Waals surface area (Å²) >= 11 is 5.34. The summed E-state index contributed by atoms with van der Waals surface area (Å²) in [6.07, 6.45) is 0.893. The Morgan fingerprint density at radius 2 is 2.11 bits per heavy atom. The first-order chi connectivity index (χ1) is 8.72. The number of aryl methyl sites for hydroxylation is 1. The van der Waals surface area contributed by atoms with Gasteiger partial charge in [0.1, 0.15) is 0 Å². The van der Waals surface area contributed by atoms with Crippen molar-refractivity contribution in [1.29, 1.82) is 0 Å². The smallest absolute Gasteiger partial charge is 0.0958 e. The van der Waals surface area contributed by atoms with Crippen LogP contribution in [-0.4, -0.2) is 18.2 Å². The molecule has 2 rings (SSSR count). The summed E-state index contributed by atoms with van der Waals surface area (Å²) in [5.74, 6) is 0. The largest absolute Gasteiger partial charge is 0.381 e. The third-order valence-corrected chi connectivity index (χ3v) is 4.36. The van der Waals surface area contributed by atoms with Crippen LogP contribution in [0.1, 0.15) is 16.8 Å². The van der Waals surface area contributed by atoms with Crippen LogP contribution in [0.2, 0.25) is 0 Å². The Bertz CT molecular complexity index is 524. The maximum absolute atomic E-state index is 5.37. The predicted molar refractivity (Wildman–Crippen MR) is 80.2 cm³/mol. The van der Waals surface area contributed by atoms with Crippen LogP contribution in [0.4, 0.5) is 0 Å². The number of hydrogen-bond acceptors (Lipinski definition) is 3. The van der Waals surface area contributed by atoms with Crippen molar-refractivity contribution >= 4 is 27.3 Å². The van der Waals surface area contributed by atoms with E-state index in [1.807, 2.05) is 25.1 Å². The van der Waals surface area contributed by atoms with Gasteiger partial charge in [-0.3, -0.25) is 0 Å². The van der Waals surface area contributed by atoms with Gasteiger partial charge in [-0.1, -0.05) is 34.1 Å². The van der Waals surface area contributed by atoms with Gasteiger partial charge in [0, 0.05) is 27.9 Å². The second-order valence-corrected chi connectivity index (χ2v) is 6.08. The molecular weight excluding hydrogens is 310 g/mol. The van der Waals surface area contributed by atoms with Crippen LogP contribution in [0, 0.1) is 6.92 Å². The molecule has 1 heterocycles. The molecule has 0 atom stereocenters. The van der Waals surface area contributed by atoms with Crippen molar-refractivity contribution in [3.8, 4) is 11.3 Å². The van der Waals surface area contributed by atoms with Gasteiger partial charge in [0.25, 0.3) is 0 Å². The predicted octanol–water partition coefficient (Wildman–Crippen LogP) is 4.46. The van der Waals surface area contributed by atoms with E-state index < -0.39 is 0 Å². The van der Waals surface area contributed by atoms with E-state index >= 15 is 0 Å². The normalized spacial score (nSPS) is 10.8. The number of benzene rings is 1. The molecule has 0 amide bonds. The lowest BCUT2D eigenvalue weighted by atomic mass is 10.1. The lowest BCUT2D eigenvalue weighted by Crippen LogP contribution is -1.97. The van der Waals surface area contributed by atoms with E-state index in [2.05, 4.69) is 28.9 Å². The number of rotatable bonds is 5. The molecular formula is C14H16BrNOS. The SMILES string of the molecule is CCOCCc1nc(-c2ccccc2Br)c(C)s1. The molecule has 2 aromatic rings. The summed E-state index contributed by atoms with van der Waals surface area (Å²) in [7, 11) is 0. The van der Waals surface area contributed by atoms with Gasteiger partial charge in [-0.05, 0) is 19.9 Å². The minimum absolute atomic E-state index is 0.749. The summed E-state index contributed by atoms with van der Waals surface area (Å²) in [4.78, 5) is 5.98. The van der Waals surface area contributed by atoms with E-state index in [4.69, 9.17) is 9.72 Å². The molecule has 0 radical (unpaired) electrons. The van der Waals surface area contributed by atoms with Gasteiger partial charge >= 0.3 is 0 Å².